The van der Waals surface area contributed by atoms with Crippen molar-refractivity contribution < 1.29 is 14.6 Å². The van der Waals surface area contributed by atoms with E-state index in [-0.39, 0.29) is 11.3 Å². The van der Waals surface area contributed by atoms with Crippen LogP contribution in [0.25, 0.3) is 11.3 Å². The third-order valence-corrected chi connectivity index (χ3v) is 3.59. The average Bonchev–Trinajstić information content (AvgIpc) is 3.07. The maximum atomic E-state index is 10.8. The van der Waals surface area contributed by atoms with E-state index in [1.807, 2.05) is 24.3 Å². The number of aromatic amines is 1. The Balaban J connectivity index is 1.96. The molecule has 0 bridgehead atoms. The van der Waals surface area contributed by atoms with Crippen LogP contribution in [-0.4, -0.2) is 28.4 Å². The summed E-state index contributed by atoms with van der Waals surface area (Å²) in [7, 11) is 1.72. The van der Waals surface area contributed by atoms with Crippen LogP contribution in [-0.2, 0) is 10.3 Å². The van der Waals surface area contributed by atoms with Gasteiger partial charge in [-0.3, -0.25) is 5.10 Å². The number of ether oxygens (including phenoxy) is 1. The highest BCUT2D eigenvalue weighted by molar-refractivity contribution is 5.86. The van der Waals surface area contributed by atoms with Crippen LogP contribution in [0.5, 0.6) is 0 Å². The molecule has 1 aromatic heterocycles. The number of aromatic nitrogens is 2. The zero-order valence-corrected chi connectivity index (χ0v) is 10.5. The molecule has 1 aliphatic carbocycles. The molecule has 0 saturated heterocycles. The summed E-state index contributed by atoms with van der Waals surface area (Å²) in [5.74, 6) is -1.01. The molecule has 1 heterocycles. The Bertz CT molecular complexity index is 629. The molecule has 1 fully saturated rings. The van der Waals surface area contributed by atoms with Crippen molar-refractivity contribution in [3.8, 4) is 11.3 Å². The van der Waals surface area contributed by atoms with Gasteiger partial charge in [0.25, 0.3) is 0 Å². The Morgan fingerprint density at radius 2 is 2.21 bits per heavy atom. The fraction of sp³-hybridized carbons (Fsp3) is 0.286. The molecule has 5 heteroatoms. The predicted molar refractivity (Wildman–Crippen MR) is 68.9 cm³/mol. The third-order valence-electron chi connectivity index (χ3n) is 3.59. The number of carboxylic acids is 1. The number of nitrogens with one attached hydrogen (secondary N) is 1. The van der Waals surface area contributed by atoms with Gasteiger partial charge in [0.15, 0.2) is 0 Å². The fourth-order valence-electron chi connectivity index (χ4n) is 2.27. The number of H-pyrrole nitrogens is 1. The van der Waals surface area contributed by atoms with Gasteiger partial charge in [0.2, 0.25) is 0 Å². The summed E-state index contributed by atoms with van der Waals surface area (Å²) in [5.41, 5.74) is 2.58. The molecule has 1 aromatic carbocycles. The van der Waals surface area contributed by atoms with Gasteiger partial charge < -0.3 is 9.84 Å². The molecule has 0 atom stereocenters. The second-order valence-corrected chi connectivity index (χ2v) is 4.75. The van der Waals surface area contributed by atoms with Crippen LogP contribution in [0.2, 0.25) is 0 Å². The van der Waals surface area contributed by atoms with Crippen LogP contribution in [0.3, 0.4) is 0 Å². The van der Waals surface area contributed by atoms with Crippen molar-refractivity contribution in [1.82, 2.24) is 10.2 Å². The van der Waals surface area contributed by atoms with E-state index < -0.39 is 5.97 Å². The normalized spacial score (nSPS) is 16.3. The van der Waals surface area contributed by atoms with Crippen molar-refractivity contribution in [3.05, 3.63) is 41.6 Å². The molecule has 98 valence electrons. The first-order valence-electron chi connectivity index (χ1n) is 6.09. The van der Waals surface area contributed by atoms with Gasteiger partial charge in [-0.25, -0.2) is 4.79 Å². The molecule has 3 rings (SSSR count). The zero-order valence-electron chi connectivity index (χ0n) is 10.5. The maximum absolute atomic E-state index is 10.8. The van der Waals surface area contributed by atoms with Crippen LogP contribution in [0.4, 0.5) is 0 Å². The SMILES string of the molecule is COC1(c2cccc(-c3cc(C(=O)O)[nH]n3)c2)CC1. The van der Waals surface area contributed by atoms with E-state index in [1.165, 1.54) is 6.07 Å². The van der Waals surface area contributed by atoms with Gasteiger partial charge in [0.1, 0.15) is 5.69 Å². The lowest BCUT2D eigenvalue weighted by Gasteiger charge is -2.14. The maximum Gasteiger partial charge on any atom is 0.353 e. The molecule has 2 N–H and O–H groups in total. The number of hydrogen-bond donors (Lipinski definition) is 2. The quantitative estimate of drug-likeness (QED) is 0.883. The molecule has 0 unspecified atom stereocenters. The highest BCUT2D eigenvalue weighted by Crippen LogP contribution is 2.49. The number of benzene rings is 1. The van der Waals surface area contributed by atoms with Crippen LogP contribution < -0.4 is 0 Å². The molecular formula is C14H14N2O3. The second kappa shape index (κ2) is 4.20. The smallest absolute Gasteiger partial charge is 0.353 e. The second-order valence-electron chi connectivity index (χ2n) is 4.75. The predicted octanol–water partition coefficient (Wildman–Crippen LogP) is 2.41. The first-order valence-corrected chi connectivity index (χ1v) is 6.09. The van der Waals surface area contributed by atoms with E-state index in [1.54, 1.807) is 7.11 Å². The van der Waals surface area contributed by atoms with Crippen LogP contribution in [0.1, 0.15) is 28.9 Å². The molecule has 0 radical (unpaired) electrons. The molecule has 0 spiro atoms. The number of carbonyl (C=O) groups is 1. The monoisotopic (exact) mass is 258 g/mol. The molecule has 1 saturated carbocycles. The molecule has 2 aromatic rings. The Kier molecular flexibility index (Phi) is 2.64. The Hall–Kier alpha value is -2.14. The third kappa shape index (κ3) is 2.02. The van der Waals surface area contributed by atoms with Crippen molar-refractivity contribution in [3.63, 3.8) is 0 Å². The number of rotatable bonds is 4. The molecular weight excluding hydrogens is 244 g/mol. The molecule has 19 heavy (non-hydrogen) atoms. The summed E-state index contributed by atoms with van der Waals surface area (Å²) < 4.78 is 5.55. The minimum atomic E-state index is -1.01. The van der Waals surface area contributed by atoms with Gasteiger partial charge in [0, 0.05) is 12.7 Å². The van der Waals surface area contributed by atoms with E-state index in [0.29, 0.717) is 5.69 Å². The minimum absolute atomic E-state index is 0.0910. The summed E-state index contributed by atoms with van der Waals surface area (Å²) in [6, 6.07) is 9.44. The summed E-state index contributed by atoms with van der Waals surface area (Å²) in [6.45, 7) is 0. The Labute approximate surface area is 110 Å². The number of hydrogen-bond acceptors (Lipinski definition) is 3. The Morgan fingerprint density at radius 1 is 1.42 bits per heavy atom. The summed E-state index contributed by atoms with van der Waals surface area (Å²) in [4.78, 5) is 10.8. The van der Waals surface area contributed by atoms with E-state index in [2.05, 4.69) is 10.2 Å². The average molecular weight is 258 g/mol. The number of methoxy groups -OCH3 is 1. The number of aromatic carboxylic acids is 1. The van der Waals surface area contributed by atoms with Gasteiger partial charge in [-0.15, -0.1) is 0 Å². The lowest BCUT2D eigenvalue weighted by atomic mass is 10.0. The fourth-order valence-corrected chi connectivity index (χ4v) is 2.27. The first-order chi connectivity index (χ1) is 9.14. The first kappa shape index (κ1) is 11.9. The lowest BCUT2D eigenvalue weighted by molar-refractivity contribution is 0.0690. The number of nitrogens with zero attached hydrogens (tertiary/aromatic N) is 1. The lowest BCUT2D eigenvalue weighted by Crippen LogP contribution is -2.08. The van der Waals surface area contributed by atoms with Crippen LogP contribution in [0, 0.1) is 0 Å². The van der Waals surface area contributed by atoms with Gasteiger partial charge in [-0.1, -0.05) is 18.2 Å². The van der Waals surface area contributed by atoms with Crippen LogP contribution in [0.15, 0.2) is 30.3 Å². The molecule has 5 nitrogen and oxygen atoms in total. The van der Waals surface area contributed by atoms with Crippen molar-refractivity contribution in [1.29, 1.82) is 0 Å². The molecule has 0 aliphatic heterocycles. The van der Waals surface area contributed by atoms with E-state index >= 15 is 0 Å². The zero-order chi connectivity index (χ0) is 13.5. The van der Waals surface area contributed by atoms with Gasteiger partial charge in [-0.2, -0.15) is 5.10 Å². The number of carboxylic acid groups (broad SMARTS) is 1. The topological polar surface area (TPSA) is 75.2 Å². The summed E-state index contributed by atoms with van der Waals surface area (Å²) >= 11 is 0. The standard InChI is InChI=1S/C14H14N2O3/c1-19-14(5-6-14)10-4-2-3-9(7-10)11-8-12(13(17)18)16-15-11/h2-4,7-8H,5-6H2,1H3,(H,15,16)(H,17,18). The molecule has 0 amide bonds. The Morgan fingerprint density at radius 3 is 2.79 bits per heavy atom. The van der Waals surface area contributed by atoms with Gasteiger partial charge >= 0.3 is 5.97 Å². The van der Waals surface area contributed by atoms with Gasteiger partial charge in [0.05, 0.1) is 11.3 Å². The minimum Gasteiger partial charge on any atom is -0.477 e. The van der Waals surface area contributed by atoms with Crippen molar-refractivity contribution in [2.45, 2.75) is 18.4 Å². The van der Waals surface area contributed by atoms with Crippen molar-refractivity contribution in [2.24, 2.45) is 0 Å². The highest BCUT2D eigenvalue weighted by Gasteiger charge is 2.44. The van der Waals surface area contributed by atoms with E-state index in [9.17, 15) is 4.79 Å². The van der Waals surface area contributed by atoms with Gasteiger partial charge in [-0.05, 0) is 30.5 Å². The van der Waals surface area contributed by atoms with E-state index in [0.717, 1.165) is 24.0 Å². The largest absolute Gasteiger partial charge is 0.477 e. The molecule has 1 aliphatic rings. The summed E-state index contributed by atoms with van der Waals surface area (Å²) in [6.07, 6.45) is 2.04. The van der Waals surface area contributed by atoms with Crippen molar-refractivity contribution in [2.75, 3.05) is 7.11 Å². The van der Waals surface area contributed by atoms with E-state index in [4.69, 9.17) is 9.84 Å². The van der Waals surface area contributed by atoms with Crippen LogP contribution >= 0.6 is 0 Å². The highest BCUT2D eigenvalue weighted by atomic mass is 16.5. The van der Waals surface area contributed by atoms with Crippen molar-refractivity contribution >= 4 is 5.97 Å². The summed E-state index contributed by atoms with van der Waals surface area (Å²) in [5, 5.41) is 15.4.